The molecule has 0 unspecified atom stereocenters. The van der Waals surface area contributed by atoms with Crippen LogP contribution in [-0.4, -0.2) is 32.7 Å². The summed E-state index contributed by atoms with van der Waals surface area (Å²) in [7, 11) is 0. The summed E-state index contributed by atoms with van der Waals surface area (Å²) in [6.07, 6.45) is 3.17. The average Bonchev–Trinajstić information content (AvgIpc) is 3.24. The van der Waals surface area contributed by atoms with Gasteiger partial charge in [0.15, 0.2) is 0 Å². The highest BCUT2D eigenvalue weighted by atomic mass is 35.5. The highest BCUT2D eigenvalue weighted by Gasteiger charge is 2.48. The Morgan fingerprint density at radius 2 is 2.42 bits per heavy atom. The largest absolute Gasteiger partial charge is 0.386 e. The maximum absolute atomic E-state index is 10.3. The lowest BCUT2D eigenvalue weighted by Gasteiger charge is -2.46. The number of aromatic nitrogens is 3. The third-order valence-corrected chi connectivity index (χ3v) is 6.51. The number of aryl methyl sites for hydroxylation is 1. The monoisotopic (exact) mass is 393 g/mol. The minimum Gasteiger partial charge on any atom is -0.386 e. The Morgan fingerprint density at radius 1 is 1.58 bits per heavy atom. The van der Waals surface area contributed by atoms with Crippen LogP contribution >= 0.6 is 22.9 Å². The molecule has 2 aliphatic heterocycles. The smallest absolute Gasteiger partial charge is 0.106 e. The van der Waals surface area contributed by atoms with Crippen molar-refractivity contribution in [3.8, 4) is 6.07 Å². The minimum atomic E-state index is -0.630. The molecule has 4 heterocycles. The number of ether oxygens (including phenoxy) is 1. The van der Waals surface area contributed by atoms with Gasteiger partial charge in [-0.25, -0.2) is 0 Å². The number of piperidine rings is 1. The van der Waals surface area contributed by atoms with Crippen LogP contribution in [0.2, 0.25) is 4.34 Å². The first-order valence-electron chi connectivity index (χ1n) is 8.65. The average molecular weight is 394 g/mol. The second kappa shape index (κ2) is 6.91. The number of hydrogen-bond acceptors (Lipinski definition) is 7. The van der Waals surface area contributed by atoms with Gasteiger partial charge < -0.3 is 15.2 Å². The molecule has 1 spiro atoms. The van der Waals surface area contributed by atoms with Crippen LogP contribution in [0.1, 0.15) is 54.5 Å². The number of aliphatic hydroxyl groups excluding tert-OH is 1. The second-order valence-corrected chi connectivity index (χ2v) is 8.68. The summed E-state index contributed by atoms with van der Waals surface area (Å²) in [5.41, 5.74) is 1.25. The highest BCUT2D eigenvalue weighted by Crippen LogP contribution is 2.51. The highest BCUT2D eigenvalue weighted by molar-refractivity contribution is 7.16. The molecule has 0 saturated carbocycles. The van der Waals surface area contributed by atoms with E-state index >= 15 is 0 Å². The summed E-state index contributed by atoms with van der Waals surface area (Å²) in [6, 6.07) is 4.17. The molecule has 1 fully saturated rings. The third-order valence-electron chi connectivity index (χ3n) is 5.04. The first kappa shape index (κ1) is 17.9. The fourth-order valence-corrected chi connectivity index (χ4v) is 5.43. The summed E-state index contributed by atoms with van der Waals surface area (Å²) in [5.74, 6) is 0. The van der Waals surface area contributed by atoms with Crippen molar-refractivity contribution in [3.63, 3.8) is 0 Å². The molecule has 2 aliphatic rings. The fourth-order valence-electron chi connectivity index (χ4n) is 3.98. The van der Waals surface area contributed by atoms with Gasteiger partial charge in [0.1, 0.15) is 11.7 Å². The van der Waals surface area contributed by atoms with Gasteiger partial charge in [0.05, 0.1) is 47.9 Å². The van der Waals surface area contributed by atoms with E-state index in [0.29, 0.717) is 23.7 Å². The summed E-state index contributed by atoms with van der Waals surface area (Å²) >= 11 is 7.73. The van der Waals surface area contributed by atoms with Gasteiger partial charge in [0.2, 0.25) is 0 Å². The molecule has 2 aromatic rings. The van der Waals surface area contributed by atoms with Crippen LogP contribution in [0.3, 0.4) is 0 Å². The van der Waals surface area contributed by atoms with E-state index < -0.39 is 11.7 Å². The quantitative estimate of drug-likeness (QED) is 0.832. The van der Waals surface area contributed by atoms with Gasteiger partial charge in [-0.05, 0) is 19.4 Å². The van der Waals surface area contributed by atoms with Crippen molar-refractivity contribution in [2.75, 3.05) is 6.61 Å². The number of hydrogen-bond donors (Lipinski definition) is 2. The molecule has 0 aromatic carbocycles. The molecular formula is C17H20ClN5O2S. The lowest BCUT2D eigenvalue weighted by atomic mass is 9.79. The van der Waals surface area contributed by atoms with Crippen LogP contribution in [0.15, 0.2) is 12.3 Å². The van der Waals surface area contributed by atoms with Gasteiger partial charge in [0.25, 0.3) is 0 Å². The van der Waals surface area contributed by atoms with E-state index in [4.69, 9.17) is 21.6 Å². The second-order valence-electron chi connectivity index (χ2n) is 7.00. The maximum atomic E-state index is 10.3. The van der Waals surface area contributed by atoms with E-state index in [-0.39, 0.29) is 18.7 Å². The number of rotatable bonds is 3. The summed E-state index contributed by atoms with van der Waals surface area (Å²) in [4.78, 5) is 1.02. The lowest BCUT2D eigenvalue weighted by Crippen LogP contribution is -2.50. The number of halogens is 1. The molecule has 0 aliphatic carbocycles. The number of nitriles is 1. The molecule has 26 heavy (non-hydrogen) atoms. The standard InChI is InChI=1S/C17H20ClN5O2S/c1-10-6-17(16-11(5-15(18)26-16)14(24)9-25-17)7-12(20-10)13-8-23(22-21-13)4-2-3-19/h5,8,10,12,14,20,24H,2,4,6-7,9H2,1H3/t10-,12-,14+,17-/m0/s1. The van der Waals surface area contributed by atoms with Crippen molar-refractivity contribution in [3.05, 3.63) is 32.7 Å². The van der Waals surface area contributed by atoms with Gasteiger partial charge in [0, 0.05) is 22.9 Å². The van der Waals surface area contributed by atoms with Crippen molar-refractivity contribution in [2.24, 2.45) is 0 Å². The number of nitrogens with one attached hydrogen (secondary N) is 1. The number of fused-ring (bicyclic) bond motifs is 2. The van der Waals surface area contributed by atoms with E-state index in [1.807, 2.05) is 12.3 Å². The molecular weight excluding hydrogens is 374 g/mol. The molecule has 7 nitrogen and oxygen atoms in total. The maximum Gasteiger partial charge on any atom is 0.106 e. The van der Waals surface area contributed by atoms with Gasteiger partial charge in [-0.15, -0.1) is 16.4 Å². The van der Waals surface area contributed by atoms with Crippen molar-refractivity contribution in [2.45, 2.75) is 56.5 Å². The zero-order valence-electron chi connectivity index (χ0n) is 14.4. The van der Waals surface area contributed by atoms with Gasteiger partial charge >= 0.3 is 0 Å². The number of aliphatic hydroxyl groups is 1. The van der Waals surface area contributed by atoms with Gasteiger partial charge in [-0.3, -0.25) is 4.68 Å². The third kappa shape index (κ3) is 3.15. The lowest BCUT2D eigenvalue weighted by molar-refractivity contribution is -0.129. The first-order chi connectivity index (χ1) is 12.5. The summed E-state index contributed by atoms with van der Waals surface area (Å²) < 4.78 is 8.59. The van der Waals surface area contributed by atoms with Crippen LogP contribution in [0, 0.1) is 11.3 Å². The Kier molecular flexibility index (Phi) is 4.75. The molecule has 0 bridgehead atoms. The van der Waals surface area contributed by atoms with E-state index in [1.54, 1.807) is 4.68 Å². The number of thiophene rings is 1. The van der Waals surface area contributed by atoms with E-state index in [2.05, 4.69) is 28.6 Å². The Balaban J connectivity index is 1.64. The molecule has 2 aromatic heterocycles. The topological polar surface area (TPSA) is 96.0 Å². The van der Waals surface area contributed by atoms with Crippen LogP contribution < -0.4 is 5.32 Å². The van der Waals surface area contributed by atoms with E-state index in [0.717, 1.165) is 22.6 Å². The van der Waals surface area contributed by atoms with E-state index in [1.165, 1.54) is 11.3 Å². The minimum absolute atomic E-state index is 0.0152. The predicted molar refractivity (Wildman–Crippen MR) is 96.7 cm³/mol. The number of nitrogens with zero attached hydrogens (tertiary/aromatic N) is 4. The van der Waals surface area contributed by atoms with Crippen molar-refractivity contribution in [1.29, 1.82) is 5.26 Å². The van der Waals surface area contributed by atoms with Crippen molar-refractivity contribution in [1.82, 2.24) is 20.3 Å². The van der Waals surface area contributed by atoms with Crippen LogP contribution in [0.4, 0.5) is 0 Å². The Hall–Kier alpha value is -1.50. The van der Waals surface area contributed by atoms with Gasteiger partial charge in [-0.2, -0.15) is 5.26 Å². The van der Waals surface area contributed by atoms with Crippen LogP contribution in [0.5, 0.6) is 0 Å². The molecule has 1 saturated heterocycles. The van der Waals surface area contributed by atoms with Crippen molar-refractivity contribution < 1.29 is 9.84 Å². The fraction of sp³-hybridized carbons (Fsp3) is 0.588. The SMILES string of the molecule is C[C@H]1C[C@@]2(C[C@@H](c3cn(CCC#N)nn3)N1)OC[C@@H](O)c1cc(Cl)sc12. The Morgan fingerprint density at radius 3 is 3.23 bits per heavy atom. The predicted octanol–water partition coefficient (Wildman–Crippen LogP) is 2.68. The zero-order valence-corrected chi connectivity index (χ0v) is 15.9. The molecule has 138 valence electrons. The Labute approximate surface area is 160 Å². The molecule has 9 heteroatoms. The van der Waals surface area contributed by atoms with Crippen LogP contribution in [-0.2, 0) is 16.9 Å². The molecule has 0 radical (unpaired) electrons. The zero-order chi connectivity index (χ0) is 18.3. The van der Waals surface area contributed by atoms with E-state index in [9.17, 15) is 5.11 Å². The summed E-state index contributed by atoms with van der Waals surface area (Å²) in [6.45, 7) is 2.93. The molecule has 0 amide bonds. The van der Waals surface area contributed by atoms with Crippen molar-refractivity contribution >= 4 is 22.9 Å². The van der Waals surface area contributed by atoms with Gasteiger partial charge in [-0.1, -0.05) is 16.8 Å². The summed E-state index contributed by atoms with van der Waals surface area (Å²) in [5, 5.41) is 31.0. The molecule has 4 rings (SSSR count). The molecule has 4 atom stereocenters. The molecule has 2 N–H and O–H groups in total. The first-order valence-corrected chi connectivity index (χ1v) is 9.85. The normalized spacial score (nSPS) is 30.9. The van der Waals surface area contributed by atoms with Crippen LogP contribution in [0.25, 0.3) is 0 Å². The Bertz CT molecular complexity index is 847.